The van der Waals surface area contributed by atoms with Crippen LogP contribution in [-0.4, -0.2) is 17.9 Å². The van der Waals surface area contributed by atoms with Crippen molar-refractivity contribution in [1.82, 2.24) is 10.7 Å². The zero-order chi connectivity index (χ0) is 15.1. The summed E-state index contributed by atoms with van der Waals surface area (Å²) in [6, 6.07) is 12.9. The van der Waals surface area contributed by atoms with Crippen molar-refractivity contribution in [2.24, 2.45) is 5.10 Å². The van der Waals surface area contributed by atoms with Gasteiger partial charge < -0.3 is 9.73 Å². The van der Waals surface area contributed by atoms with Gasteiger partial charge in [0.1, 0.15) is 11.5 Å². The van der Waals surface area contributed by atoms with Crippen molar-refractivity contribution in [2.75, 3.05) is 6.54 Å². The van der Waals surface area contributed by atoms with Crippen LogP contribution in [0, 0.1) is 11.3 Å². The first-order chi connectivity index (χ1) is 10.2. The first kappa shape index (κ1) is 14.8. The van der Waals surface area contributed by atoms with Crippen LogP contribution in [0.2, 0.25) is 0 Å². The van der Waals surface area contributed by atoms with Crippen LogP contribution in [0.1, 0.15) is 18.2 Å². The second-order valence-electron chi connectivity index (χ2n) is 4.12. The van der Waals surface area contributed by atoms with Crippen LogP contribution in [0.3, 0.4) is 0 Å². The molecule has 0 fully saturated rings. The molecule has 0 unspecified atom stereocenters. The summed E-state index contributed by atoms with van der Waals surface area (Å²) in [5.41, 5.74) is 4.22. The smallest absolute Gasteiger partial charge is 0.186 e. The van der Waals surface area contributed by atoms with Crippen LogP contribution in [0.4, 0.5) is 0 Å². The highest BCUT2D eigenvalue weighted by atomic mass is 32.1. The molecule has 1 heterocycles. The lowest BCUT2D eigenvalue weighted by Crippen LogP contribution is -2.31. The van der Waals surface area contributed by atoms with Crippen LogP contribution in [0.15, 0.2) is 45.9 Å². The number of hydrogen-bond donors (Lipinski definition) is 2. The van der Waals surface area contributed by atoms with E-state index in [0.29, 0.717) is 16.4 Å². The van der Waals surface area contributed by atoms with E-state index < -0.39 is 0 Å². The van der Waals surface area contributed by atoms with Gasteiger partial charge in [0.2, 0.25) is 0 Å². The monoisotopic (exact) mass is 298 g/mol. The minimum absolute atomic E-state index is 0.465. The third-order valence-corrected chi connectivity index (χ3v) is 2.86. The first-order valence-electron chi connectivity index (χ1n) is 6.40. The molecule has 0 saturated carbocycles. The average Bonchev–Trinajstić information content (AvgIpc) is 2.96. The fourth-order valence-corrected chi connectivity index (χ4v) is 1.84. The second kappa shape index (κ2) is 7.22. The number of hydrazone groups is 1. The van der Waals surface area contributed by atoms with E-state index >= 15 is 0 Å². The molecule has 0 bridgehead atoms. The molecule has 1 aromatic heterocycles. The highest BCUT2D eigenvalue weighted by Gasteiger charge is 2.03. The molecule has 1 aromatic carbocycles. The molecule has 0 spiro atoms. The van der Waals surface area contributed by atoms with E-state index in [4.69, 9.17) is 21.9 Å². The summed E-state index contributed by atoms with van der Waals surface area (Å²) >= 11 is 4.98. The number of thiocarbonyl (C=S) groups is 1. The van der Waals surface area contributed by atoms with E-state index in [1.54, 1.807) is 18.3 Å². The minimum Gasteiger partial charge on any atom is -0.455 e. The highest BCUT2D eigenvalue weighted by Crippen LogP contribution is 2.21. The Morgan fingerprint density at radius 3 is 2.76 bits per heavy atom. The maximum Gasteiger partial charge on any atom is 0.186 e. The quantitative estimate of drug-likeness (QED) is 0.516. The Balaban J connectivity index is 2.02. The van der Waals surface area contributed by atoms with E-state index in [1.807, 2.05) is 31.2 Å². The molecule has 5 nitrogen and oxygen atoms in total. The predicted octanol–water partition coefficient (Wildman–Crippen LogP) is 2.64. The SMILES string of the molecule is CCNC(=S)N/N=C\c1ccc(-c2ccc(C#N)cc2)o1. The molecule has 0 saturated heterocycles. The Hall–Kier alpha value is -2.65. The summed E-state index contributed by atoms with van der Waals surface area (Å²) in [7, 11) is 0. The lowest BCUT2D eigenvalue weighted by Gasteiger charge is -2.01. The third kappa shape index (κ3) is 4.16. The van der Waals surface area contributed by atoms with E-state index in [9.17, 15) is 0 Å². The molecule has 0 atom stereocenters. The van der Waals surface area contributed by atoms with Crippen LogP contribution in [-0.2, 0) is 0 Å². The van der Waals surface area contributed by atoms with Crippen molar-refractivity contribution in [3.8, 4) is 17.4 Å². The maximum absolute atomic E-state index is 8.77. The molecule has 0 amide bonds. The number of furan rings is 1. The summed E-state index contributed by atoms with van der Waals surface area (Å²) in [5.74, 6) is 1.33. The molecule has 0 aliphatic carbocycles. The molecule has 2 aromatic rings. The number of nitriles is 1. The highest BCUT2D eigenvalue weighted by molar-refractivity contribution is 7.80. The molecule has 6 heteroatoms. The molecule has 0 aliphatic heterocycles. The van der Waals surface area contributed by atoms with Crippen molar-refractivity contribution in [1.29, 1.82) is 5.26 Å². The van der Waals surface area contributed by atoms with E-state index in [-0.39, 0.29) is 0 Å². The average molecular weight is 298 g/mol. The van der Waals surface area contributed by atoms with Crippen molar-refractivity contribution in [2.45, 2.75) is 6.92 Å². The van der Waals surface area contributed by atoms with Crippen molar-refractivity contribution < 1.29 is 4.42 Å². The number of rotatable bonds is 4. The zero-order valence-electron chi connectivity index (χ0n) is 11.5. The van der Waals surface area contributed by atoms with Gasteiger partial charge in [-0.2, -0.15) is 10.4 Å². The van der Waals surface area contributed by atoms with Gasteiger partial charge in [-0.1, -0.05) is 0 Å². The standard InChI is InChI=1S/C15H14N4OS/c1-2-17-15(21)19-18-10-13-7-8-14(20-13)12-5-3-11(9-16)4-6-12/h3-8,10H,2H2,1H3,(H2,17,19,21)/b18-10-. The first-order valence-corrected chi connectivity index (χ1v) is 6.81. The van der Waals surface area contributed by atoms with Crippen LogP contribution in [0.25, 0.3) is 11.3 Å². The van der Waals surface area contributed by atoms with E-state index in [2.05, 4.69) is 21.9 Å². The van der Waals surface area contributed by atoms with Crippen molar-refractivity contribution in [3.05, 3.63) is 47.7 Å². The summed E-state index contributed by atoms with van der Waals surface area (Å²) in [6.07, 6.45) is 1.55. The number of benzene rings is 1. The van der Waals surface area contributed by atoms with Crippen LogP contribution in [0.5, 0.6) is 0 Å². The summed E-state index contributed by atoms with van der Waals surface area (Å²) in [6.45, 7) is 2.69. The summed E-state index contributed by atoms with van der Waals surface area (Å²) in [5, 5.41) is 16.1. The van der Waals surface area contributed by atoms with Gasteiger partial charge >= 0.3 is 0 Å². The van der Waals surface area contributed by atoms with E-state index in [0.717, 1.165) is 17.9 Å². The van der Waals surface area contributed by atoms with Crippen LogP contribution < -0.4 is 10.7 Å². The lowest BCUT2D eigenvalue weighted by atomic mass is 10.1. The van der Waals surface area contributed by atoms with Crippen LogP contribution >= 0.6 is 12.2 Å². The van der Waals surface area contributed by atoms with Gasteiger partial charge in [-0.05, 0) is 55.5 Å². The third-order valence-electron chi connectivity index (χ3n) is 2.62. The fourth-order valence-electron chi connectivity index (χ4n) is 1.64. The Labute approximate surface area is 128 Å². The molecule has 0 aliphatic rings. The van der Waals surface area contributed by atoms with Gasteiger partial charge in [-0.25, -0.2) is 0 Å². The van der Waals surface area contributed by atoms with Gasteiger partial charge in [-0.3, -0.25) is 5.43 Å². The molecule has 106 valence electrons. The second-order valence-corrected chi connectivity index (χ2v) is 4.53. The van der Waals surface area contributed by atoms with Gasteiger partial charge in [0.05, 0.1) is 17.8 Å². The number of nitrogens with one attached hydrogen (secondary N) is 2. The fraction of sp³-hybridized carbons (Fsp3) is 0.133. The van der Waals surface area contributed by atoms with Crippen molar-refractivity contribution >= 4 is 23.5 Å². The van der Waals surface area contributed by atoms with Crippen molar-refractivity contribution in [3.63, 3.8) is 0 Å². The predicted molar refractivity (Wildman–Crippen MR) is 85.9 cm³/mol. The van der Waals surface area contributed by atoms with Gasteiger partial charge in [0, 0.05) is 12.1 Å². The normalized spacial score (nSPS) is 10.3. The van der Waals surface area contributed by atoms with Gasteiger partial charge in [-0.15, -0.1) is 0 Å². The molecule has 2 rings (SSSR count). The summed E-state index contributed by atoms with van der Waals surface area (Å²) in [4.78, 5) is 0. The number of hydrogen-bond acceptors (Lipinski definition) is 4. The molecular formula is C15H14N4OS. The Morgan fingerprint density at radius 1 is 1.33 bits per heavy atom. The van der Waals surface area contributed by atoms with Gasteiger partial charge in [0.25, 0.3) is 0 Å². The molecular weight excluding hydrogens is 284 g/mol. The molecule has 2 N–H and O–H groups in total. The number of nitrogens with zero attached hydrogens (tertiary/aromatic N) is 2. The lowest BCUT2D eigenvalue weighted by molar-refractivity contribution is 0.574. The minimum atomic E-state index is 0.465. The molecule has 0 radical (unpaired) electrons. The topological polar surface area (TPSA) is 73.3 Å². The Bertz CT molecular complexity index is 682. The zero-order valence-corrected chi connectivity index (χ0v) is 12.3. The van der Waals surface area contributed by atoms with E-state index in [1.165, 1.54) is 0 Å². The Kier molecular flexibility index (Phi) is 5.07. The molecule has 21 heavy (non-hydrogen) atoms. The largest absolute Gasteiger partial charge is 0.455 e. The maximum atomic E-state index is 8.77. The Morgan fingerprint density at radius 2 is 2.10 bits per heavy atom. The summed E-state index contributed by atoms with van der Waals surface area (Å²) < 4.78 is 5.65. The van der Waals surface area contributed by atoms with Gasteiger partial charge in [0.15, 0.2) is 5.11 Å².